The van der Waals surface area contributed by atoms with E-state index in [1.807, 2.05) is 30.3 Å². The molecule has 5 heteroatoms. The van der Waals surface area contributed by atoms with Gasteiger partial charge in [-0.2, -0.15) is 0 Å². The van der Waals surface area contributed by atoms with Crippen LogP contribution in [0, 0.1) is 13.8 Å². The van der Waals surface area contributed by atoms with Crippen molar-refractivity contribution in [1.82, 2.24) is 4.68 Å². The number of benzene rings is 4. The Bertz CT molecular complexity index is 2000. The van der Waals surface area contributed by atoms with Crippen LogP contribution in [0.4, 0.5) is 0 Å². The molecule has 1 unspecified atom stereocenters. The summed E-state index contributed by atoms with van der Waals surface area (Å²) in [5.41, 5.74) is 7.47. The van der Waals surface area contributed by atoms with Gasteiger partial charge < -0.3 is 9.47 Å². The fourth-order valence-corrected chi connectivity index (χ4v) is 7.13. The zero-order valence-corrected chi connectivity index (χ0v) is 21.0. The first-order valence-electron chi connectivity index (χ1n) is 13.0. The monoisotopic (exact) mass is 493 g/mol. The predicted molar refractivity (Wildman–Crippen MR) is 143 cm³/mol. The number of nitrogens with zero attached hydrogens (tertiary/aromatic N) is 3. The molecule has 0 bridgehead atoms. The second-order valence-corrected chi connectivity index (χ2v) is 10.3. The summed E-state index contributed by atoms with van der Waals surface area (Å²) >= 11 is 0. The highest BCUT2D eigenvalue weighted by molar-refractivity contribution is 5.97. The number of ether oxygens (including phenoxy) is 2. The normalized spacial score (nSPS) is 17.2. The van der Waals surface area contributed by atoms with Crippen molar-refractivity contribution in [2.45, 2.75) is 19.5 Å². The molecule has 0 aliphatic carbocycles. The Morgan fingerprint density at radius 2 is 1.39 bits per heavy atom. The Balaban J connectivity index is 1.50. The minimum atomic E-state index is -0.692. The molecule has 3 aliphatic heterocycles. The molecule has 180 valence electrons. The fourth-order valence-electron chi connectivity index (χ4n) is 7.13. The smallest absolute Gasteiger partial charge is 0.452 e. The van der Waals surface area contributed by atoms with Crippen LogP contribution >= 0.6 is 0 Å². The molecule has 38 heavy (non-hydrogen) atoms. The molecule has 0 fully saturated rings. The maximum atomic E-state index is 6.56. The van der Waals surface area contributed by atoms with Gasteiger partial charge in [0.2, 0.25) is 5.69 Å². The van der Waals surface area contributed by atoms with E-state index in [-0.39, 0.29) is 0 Å². The van der Waals surface area contributed by atoms with Crippen LogP contribution in [0.15, 0.2) is 103 Å². The van der Waals surface area contributed by atoms with Crippen molar-refractivity contribution in [2.75, 3.05) is 0 Å². The third-order valence-electron chi connectivity index (χ3n) is 8.45. The minimum Gasteiger partial charge on any atom is -0.455 e. The van der Waals surface area contributed by atoms with Crippen LogP contribution < -0.4 is 18.7 Å². The van der Waals surface area contributed by atoms with Gasteiger partial charge in [-0.15, -0.1) is 4.68 Å². The zero-order valence-electron chi connectivity index (χ0n) is 21.0. The van der Waals surface area contributed by atoms with Gasteiger partial charge in [0, 0.05) is 13.0 Å². The Morgan fingerprint density at radius 3 is 2.29 bits per heavy atom. The van der Waals surface area contributed by atoms with Crippen LogP contribution in [0.2, 0.25) is 0 Å². The summed E-state index contributed by atoms with van der Waals surface area (Å²) < 4.78 is 20.2. The van der Waals surface area contributed by atoms with E-state index in [9.17, 15) is 0 Å². The molecule has 9 rings (SSSR count). The lowest BCUT2D eigenvalue weighted by Crippen LogP contribution is -2.76. The molecule has 0 radical (unpaired) electrons. The minimum absolute atomic E-state index is 0.692. The largest absolute Gasteiger partial charge is 0.455 e. The molecule has 1 spiro atoms. The molecule has 0 N–H and O–H groups in total. The van der Waals surface area contributed by atoms with Gasteiger partial charge in [-0.25, -0.2) is 0 Å². The van der Waals surface area contributed by atoms with Gasteiger partial charge >= 0.3 is 11.5 Å². The van der Waals surface area contributed by atoms with Crippen molar-refractivity contribution in [3.05, 3.63) is 126 Å². The van der Waals surface area contributed by atoms with Crippen LogP contribution in [0.3, 0.4) is 0 Å². The van der Waals surface area contributed by atoms with Gasteiger partial charge in [0.25, 0.3) is 0 Å². The van der Waals surface area contributed by atoms with E-state index in [0.717, 1.165) is 39.9 Å². The quantitative estimate of drug-likeness (QED) is 0.251. The Hall–Kier alpha value is -4.90. The summed E-state index contributed by atoms with van der Waals surface area (Å²) in [5, 5.41) is 2.50. The number of hydrogen-bond acceptors (Lipinski definition) is 2. The average molecular weight is 494 g/mol. The van der Waals surface area contributed by atoms with Crippen LogP contribution in [0.25, 0.3) is 27.6 Å². The van der Waals surface area contributed by atoms with Crippen LogP contribution in [-0.2, 0) is 5.66 Å². The highest BCUT2D eigenvalue weighted by atomic mass is 16.5. The van der Waals surface area contributed by atoms with E-state index in [0.29, 0.717) is 0 Å². The second-order valence-electron chi connectivity index (χ2n) is 10.3. The number of aromatic nitrogens is 3. The van der Waals surface area contributed by atoms with Gasteiger partial charge in [0.1, 0.15) is 17.2 Å². The van der Waals surface area contributed by atoms with Crippen LogP contribution in [-0.4, -0.2) is 4.68 Å². The lowest BCUT2D eigenvalue weighted by Gasteiger charge is -2.31. The van der Waals surface area contributed by atoms with E-state index in [1.165, 1.54) is 33.3 Å². The van der Waals surface area contributed by atoms with Crippen molar-refractivity contribution in [3.8, 4) is 39.9 Å². The molecule has 4 aromatic carbocycles. The fraction of sp³-hybridized carbons (Fsp3) is 0.0909. The van der Waals surface area contributed by atoms with Crippen molar-refractivity contribution in [2.24, 2.45) is 0 Å². The molecule has 5 nitrogen and oxygen atoms in total. The second kappa shape index (κ2) is 6.69. The summed E-state index contributed by atoms with van der Waals surface area (Å²) in [6, 6.07) is 33.9. The summed E-state index contributed by atoms with van der Waals surface area (Å²) in [6.45, 7) is 4.48. The number of pyridine rings is 1. The number of hydrogen-bond donors (Lipinski definition) is 0. The molecule has 0 saturated heterocycles. The van der Waals surface area contributed by atoms with E-state index >= 15 is 0 Å². The highest BCUT2D eigenvalue weighted by Crippen LogP contribution is 2.56. The van der Waals surface area contributed by atoms with E-state index in [2.05, 4.69) is 101 Å². The molecule has 2 aromatic heterocycles. The van der Waals surface area contributed by atoms with Crippen molar-refractivity contribution in [3.63, 3.8) is 0 Å². The third-order valence-corrected chi connectivity index (χ3v) is 8.45. The lowest BCUT2D eigenvalue weighted by atomic mass is 9.84. The van der Waals surface area contributed by atoms with Gasteiger partial charge in [0.15, 0.2) is 23.1 Å². The SMILES string of the molecule is Cc1c(-c2cccc3ccccc23)c(C)[n+]2n1-c1cccc3c1C21c2c(cccc2Oc2cccc[n+]21)O3. The molecule has 5 heterocycles. The molecule has 0 saturated carbocycles. The number of fused-ring (bicyclic) bond motifs is 4. The molecular formula is C33H23N3O2+2. The maximum Gasteiger partial charge on any atom is 0.452 e. The van der Waals surface area contributed by atoms with Gasteiger partial charge in [-0.1, -0.05) is 59.2 Å². The summed E-state index contributed by atoms with van der Waals surface area (Å²) in [5.74, 6) is 3.31. The maximum absolute atomic E-state index is 6.56. The van der Waals surface area contributed by atoms with Gasteiger partial charge in [0.05, 0.1) is 17.3 Å². The highest BCUT2D eigenvalue weighted by Gasteiger charge is 2.72. The summed E-state index contributed by atoms with van der Waals surface area (Å²) in [4.78, 5) is 0. The Kier molecular flexibility index (Phi) is 3.56. The Labute approximate surface area is 219 Å². The van der Waals surface area contributed by atoms with E-state index < -0.39 is 5.66 Å². The standard InChI is InChI=1S/C33H23N3O2/c1-20-30(24-13-7-11-22-10-3-4-12-23(22)24)21(2)36-33-31-25(35(20)36)14-8-15-26(31)37-27-16-9-17-28(32(27)33)38-29-18-5-6-19-34(29)33/h3-19H,1-2H3/q+2. The first-order chi connectivity index (χ1) is 18.7. The van der Waals surface area contributed by atoms with Crippen molar-refractivity contribution >= 4 is 10.8 Å². The van der Waals surface area contributed by atoms with Crippen LogP contribution in [0.1, 0.15) is 22.5 Å². The molecule has 6 aromatic rings. The van der Waals surface area contributed by atoms with Crippen molar-refractivity contribution < 1.29 is 18.7 Å². The lowest BCUT2D eigenvalue weighted by molar-refractivity contribution is -0.999. The van der Waals surface area contributed by atoms with E-state index in [4.69, 9.17) is 9.47 Å². The topological polar surface area (TPSA) is 31.1 Å². The summed E-state index contributed by atoms with van der Waals surface area (Å²) in [6.07, 6.45) is 2.13. The van der Waals surface area contributed by atoms with Gasteiger partial charge in [-0.05, 0) is 58.3 Å². The molecule has 0 amide bonds. The van der Waals surface area contributed by atoms with Crippen LogP contribution in [0.5, 0.6) is 23.1 Å². The Morgan fingerprint density at radius 1 is 0.684 bits per heavy atom. The molecule has 1 atom stereocenters. The van der Waals surface area contributed by atoms with E-state index in [1.54, 1.807) is 0 Å². The average Bonchev–Trinajstić information content (AvgIpc) is 3.40. The first kappa shape index (κ1) is 20.2. The summed E-state index contributed by atoms with van der Waals surface area (Å²) in [7, 11) is 0. The zero-order chi connectivity index (χ0) is 25.2. The molecular weight excluding hydrogens is 470 g/mol. The number of rotatable bonds is 1. The van der Waals surface area contributed by atoms with Crippen molar-refractivity contribution in [1.29, 1.82) is 0 Å². The third kappa shape index (κ3) is 2.13. The first-order valence-corrected chi connectivity index (χ1v) is 13.0. The van der Waals surface area contributed by atoms with Gasteiger partial charge in [-0.3, -0.25) is 0 Å². The predicted octanol–water partition coefficient (Wildman–Crippen LogP) is 6.31. The molecule has 3 aliphatic rings.